The summed E-state index contributed by atoms with van der Waals surface area (Å²) in [5, 5.41) is 3.15. The lowest BCUT2D eigenvalue weighted by Crippen LogP contribution is -2.54. The van der Waals surface area contributed by atoms with Crippen molar-refractivity contribution in [2.24, 2.45) is 0 Å². The summed E-state index contributed by atoms with van der Waals surface area (Å²) in [4.78, 5) is 30.4. The van der Waals surface area contributed by atoms with Crippen molar-refractivity contribution >= 4 is 39.3 Å². The highest BCUT2D eigenvalue weighted by Crippen LogP contribution is 2.28. The minimum atomic E-state index is -4.14. The molecular weight excluding hydrogens is 595 g/mol. The van der Waals surface area contributed by atoms with E-state index in [0.29, 0.717) is 30.9 Å². The van der Waals surface area contributed by atoms with Gasteiger partial charge in [-0.1, -0.05) is 50.1 Å². The van der Waals surface area contributed by atoms with E-state index in [1.807, 2.05) is 50.4 Å². The van der Waals surface area contributed by atoms with Gasteiger partial charge in [-0.25, -0.2) is 8.42 Å². The quantitative estimate of drug-likeness (QED) is 0.208. The fraction of sp³-hybridized carbons (Fsp3) is 0.412. The average Bonchev–Trinajstić information content (AvgIpc) is 3.55. The average molecular weight is 638 g/mol. The molecule has 3 aromatic rings. The summed E-state index contributed by atoms with van der Waals surface area (Å²) < 4.78 is 34.9. The number of rotatable bonds is 15. The molecule has 0 spiro atoms. The van der Waals surface area contributed by atoms with Crippen molar-refractivity contribution in [1.29, 1.82) is 0 Å². The molecule has 1 N–H and O–H groups in total. The van der Waals surface area contributed by atoms with E-state index in [1.54, 1.807) is 53.4 Å². The fourth-order valence-electron chi connectivity index (χ4n) is 5.54. The molecule has 0 heterocycles. The normalized spacial score (nSPS) is 14.2. The van der Waals surface area contributed by atoms with E-state index in [1.165, 1.54) is 11.8 Å². The van der Waals surface area contributed by atoms with Gasteiger partial charge in [0.05, 0.1) is 17.2 Å². The van der Waals surface area contributed by atoms with Crippen LogP contribution in [-0.2, 0) is 26.0 Å². The smallest absolute Gasteiger partial charge is 0.264 e. The number of hydrogen-bond donors (Lipinski definition) is 1. The molecule has 0 saturated heterocycles. The number of hydrogen-bond acceptors (Lipinski definition) is 6. The number of benzene rings is 3. The topological polar surface area (TPSA) is 96.0 Å². The van der Waals surface area contributed by atoms with Crippen LogP contribution in [0.2, 0.25) is 0 Å². The van der Waals surface area contributed by atoms with Gasteiger partial charge in [-0.05, 0) is 93.0 Å². The minimum Gasteiger partial charge on any atom is -0.494 e. The zero-order valence-corrected chi connectivity index (χ0v) is 27.4. The number of nitrogens with zero attached hydrogens (tertiary/aromatic N) is 2. The molecule has 0 unspecified atom stereocenters. The fourth-order valence-corrected chi connectivity index (χ4v) is 7.36. The molecular formula is C34H43N3O5S2. The first kappa shape index (κ1) is 33.4. The lowest BCUT2D eigenvalue weighted by atomic mass is 10.1. The van der Waals surface area contributed by atoms with Gasteiger partial charge in [-0.3, -0.25) is 13.9 Å². The zero-order chi connectivity index (χ0) is 31.5. The summed E-state index contributed by atoms with van der Waals surface area (Å²) in [5.41, 5.74) is 1.36. The second kappa shape index (κ2) is 16.0. The van der Waals surface area contributed by atoms with Crippen LogP contribution in [0.4, 0.5) is 5.69 Å². The molecule has 1 saturated carbocycles. The van der Waals surface area contributed by atoms with Crippen LogP contribution < -0.4 is 14.4 Å². The molecule has 1 fully saturated rings. The molecule has 8 nitrogen and oxygen atoms in total. The number of ether oxygens (including phenoxy) is 1. The summed E-state index contributed by atoms with van der Waals surface area (Å²) in [5.74, 6) is -0.0279. The van der Waals surface area contributed by atoms with Crippen molar-refractivity contribution in [2.45, 2.75) is 74.2 Å². The van der Waals surface area contributed by atoms with Crippen LogP contribution in [-0.4, -0.2) is 63.2 Å². The van der Waals surface area contributed by atoms with E-state index < -0.39 is 28.5 Å². The molecule has 4 rings (SSSR count). The summed E-state index contributed by atoms with van der Waals surface area (Å²) in [6.07, 6.45) is 6.87. The van der Waals surface area contributed by atoms with Gasteiger partial charge < -0.3 is 15.0 Å². The van der Waals surface area contributed by atoms with Crippen molar-refractivity contribution in [3.8, 4) is 5.75 Å². The molecule has 1 aliphatic rings. The summed E-state index contributed by atoms with van der Waals surface area (Å²) in [6.45, 7) is 4.05. The van der Waals surface area contributed by atoms with Crippen LogP contribution in [0.15, 0.2) is 88.7 Å². The van der Waals surface area contributed by atoms with E-state index >= 15 is 0 Å². The Labute approximate surface area is 266 Å². The molecule has 1 atom stereocenters. The van der Waals surface area contributed by atoms with Crippen molar-refractivity contribution in [1.82, 2.24) is 10.2 Å². The van der Waals surface area contributed by atoms with Gasteiger partial charge in [0.15, 0.2) is 0 Å². The zero-order valence-electron chi connectivity index (χ0n) is 25.8. The van der Waals surface area contributed by atoms with Gasteiger partial charge in [-0.15, -0.1) is 11.8 Å². The van der Waals surface area contributed by atoms with E-state index in [2.05, 4.69) is 5.32 Å². The Hall–Kier alpha value is -3.50. The third-order valence-electron chi connectivity index (χ3n) is 7.93. The maximum Gasteiger partial charge on any atom is 0.264 e. The molecule has 0 aromatic heterocycles. The second-order valence-corrected chi connectivity index (χ2v) is 13.6. The molecule has 0 radical (unpaired) electrons. The first-order valence-corrected chi connectivity index (χ1v) is 18.0. The van der Waals surface area contributed by atoms with Gasteiger partial charge in [0.1, 0.15) is 18.3 Å². The highest BCUT2D eigenvalue weighted by Gasteiger charge is 2.34. The third kappa shape index (κ3) is 8.57. The number of thioether (sulfide) groups is 1. The first-order chi connectivity index (χ1) is 21.3. The van der Waals surface area contributed by atoms with Gasteiger partial charge in [0.25, 0.3) is 10.0 Å². The van der Waals surface area contributed by atoms with Gasteiger partial charge in [-0.2, -0.15) is 0 Å². The van der Waals surface area contributed by atoms with Crippen LogP contribution in [0.25, 0.3) is 0 Å². The van der Waals surface area contributed by atoms with Crippen molar-refractivity contribution in [3.05, 3.63) is 84.4 Å². The standard InChI is InChI=1S/C34H43N3O5S2/c1-4-32(34(39)35-27-13-9-10-14-27)36(24-23-26-11-7-6-8-12-26)33(38)25-37(28-15-17-29(18-16-28)42-5-2)44(40,41)31-21-19-30(43-3)20-22-31/h6-8,11-12,15-22,27,32H,4-5,9-10,13-14,23-25H2,1-3H3,(H,35,39)/t32-/m0/s1. The molecule has 2 amide bonds. The number of nitrogens with one attached hydrogen (secondary N) is 1. The third-order valence-corrected chi connectivity index (χ3v) is 10.5. The summed E-state index contributed by atoms with van der Waals surface area (Å²) in [6, 6.07) is 22.5. The SMILES string of the molecule is CCOc1ccc(N(CC(=O)N(CCc2ccccc2)[C@@H](CC)C(=O)NC2CCCC2)S(=O)(=O)c2ccc(SC)cc2)cc1. The van der Waals surface area contributed by atoms with Crippen molar-refractivity contribution in [2.75, 3.05) is 30.3 Å². The molecule has 44 heavy (non-hydrogen) atoms. The molecule has 10 heteroatoms. The maximum absolute atomic E-state index is 14.2. The van der Waals surface area contributed by atoms with Gasteiger partial charge in [0, 0.05) is 17.5 Å². The largest absolute Gasteiger partial charge is 0.494 e. The number of amides is 2. The Morgan fingerprint density at radius 3 is 2.20 bits per heavy atom. The maximum atomic E-state index is 14.2. The van der Waals surface area contributed by atoms with E-state index in [0.717, 1.165) is 40.4 Å². The Bertz CT molecular complexity index is 1460. The second-order valence-electron chi connectivity index (χ2n) is 10.9. The van der Waals surface area contributed by atoms with Gasteiger partial charge >= 0.3 is 0 Å². The van der Waals surface area contributed by atoms with E-state index in [4.69, 9.17) is 4.74 Å². The Balaban J connectivity index is 1.68. The predicted molar refractivity (Wildman–Crippen MR) is 177 cm³/mol. The Morgan fingerprint density at radius 1 is 0.955 bits per heavy atom. The Morgan fingerprint density at radius 2 is 1.61 bits per heavy atom. The lowest BCUT2D eigenvalue weighted by molar-refractivity contribution is -0.139. The molecule has 1 aliphatic carbocycles. The van der Waals surface area contributed by atoms with Crippen LogP contribution in [0, 0.1) is 0 Å². The summed E-state index contributed by atoms with van der Waals surface area (Å²) in [7, 11) is -4.14. The first-order valence-electron chi connectivity index (χ1n) is 15.3. The number of carbonyl (C=O) groups is 2. The van der Waals surface area contributed by atoms with E-state index in [-0.39, 0.29) is 23.4 Å². The monoisotopic (exact) mass is 637 g/mol. The minimum absolute atomic E-state index is 0.0823. The van der Waals surface area contributed by atoms with Gasteiger partial charge in [0.2, 0.25) is 11.8 Å². The van der Waals surface area contributed by atoms with Crippen LogP contribution in [0.5, 0.6) is 5.75 Å². The molecule has 3 aromatic carbocycles. The van der Waals surface area contributed by atoms with Crippen LogP contribution >= 0.6 is 11.8 Å². The number of carbonyl (C=O) groups excluding carboxylic acids is 2. The molecule has 0 aliphatic heterocycles. The predicted octanol–water partition coefficient (Wildman–Crippen LogP) is 5.91. The summed E-state index contributed by atoms with van der Waals surface area (Å²) >= 11 is 1.52. The van der Waals surface area contributed by atoms with Crippen LogP contribution in [0.1, 0.15) is 51.5 Å². The Kier molecular flexibility index (Phi) is 12.1. The van der Waals surface area contributed by atoms with Crippen molar-refractivity contribution in [3.63, 3.8) is 0 Å². The molecule has 0 bridgehead atoms. The lowest BCUT2D eigenvalue weighted by Gasteiger charge is -2.33. The van der Waals surface area contributed by atoms with Crippen LogP contribution in [0.3, 0.4) is 0 Å². The highest BCUT2D eigenvalue weighted by molar-refractivity contribution is 7.98. The number of sulfonamides is 1. The molecule has 236 valence electrons. The van der Waals surface area contributed by atoms with Crippen molar-refractivity contribution < 1.29 is 22.7 Å². The van der Waals surface area contributed by atoms with E-state index in [9.17, 15) is 18.0 Å². The number of anilines is 1. The highest BCUT2D eigenvalue weighted by atomic mass is 32.2.